The molecular weight excluding hydrogens is 272 g/mol. The van der Waals surface area contributed by atoms with E-state index in [9.17, 15) is 0 Å². The van der Waals surface area contributed by atoms with Gasteiger partial charge >= 0.3 is 0 Å². The Kier molecular flexibility index (Phi) is 4.99. The molecule has 0 saturated carbocycles. The Morgan fingerprint density at radius 2 is 2.00 bits per heavy atom. The molecule has 1 N–H and O–H groups in total. The molecule has 0 aliphatic heterocycles. The monoisotopic (exact) mass is 290 g/mol. The lowest BCUT2D eigenvalue weighted by atomic mass is 10.1. The molecule has 1 aromatic carbocycles. The largest absolute Gasteiger partial charge is 0.438 e. The van der Waals surface area contributed by atoms with Crippen molar-refractivity contribution in [1.29, 1.82) is 0 Å². The maximum Gasteiger partial charge on any atom is 0.238 e. The van der Waals surface area contributed by atoms with Crippen molar-refractivity contribution in [3.8, 4) is 11.6 Å². The molecule has 4 heteroatoms. The maximum absolute atomic E-state index is 6.21. The van der Waals surface area contributed by atoms with E-state index >= 15 is 0 Å². The molecule has 1 heterocycles. The van der Waals surface area contributed by atoms with Crippen molar-refractivity contribution in [3.63, 3.8) is 0 Å². The summed E-state index contributed by atoms with van der Waals surface area (Å²) in [6.45, 7) is 7.86. The van der Waals surface area contributed by atoms with E-state index in [1.54, 1.807) is 6.20 Å². The van der Waals surface area contributed by atoms with Gasteiger partial charge in [0.25, 0.3) is 0 Å². The number of nitrogens with zero attached hydrogens (tertiary/aromatic N) is 1. The second kappa shape index (κ2) is 6.73. The fraction of sp³-hybridized carbons (Fsp3) is 0.312. The minimum absolute atomic E-state index is 0.440. The Labute approximate surface area is 124 Å². The van der Waals surface area contributed by atoms with Crippen LogP contribution in [0.1, 0.15) is 23.6 Å². The summed E-state index contributed by atoms with van der Waals surface area (Å²) in [4.78, 5) is 4.28. The summed E-state index contributed by atoms with van der Waals surface area (Å²) in [6, 6.07) is 7.82. The number of ether oxygens (including phenoxy) is 1. The van der Waals surface area contributed by atoms with E-state index in [2.05, 4.69) is 31.1 Å². The molecule has 2 aromatic rings. The highest BCUT2D eigenvalue weighted by molar-refractivity contribution is 6.31. The summed E-state index contributed by atoms with van der Waals surface area (Å²) in [5, 5.41) is 3.76. The van der Waals surface area contributed by atoms with Crippen molar-refractivity contribution in [2.24, 2.45) is 0 Å². The number of aryl methyl sites for hydroxylation is 2. The van der Waals surface area contributed by atoms with Crippen molar-refractivity contribution in [2.75, 3.05) is 6.54 Å². The SMILES string of the molecule is CCNCc1cnc(Oc2ccc(C)c(C)c2)c(Cl)c1. The number of hydrogen-bond acceptors (Lipinski definition) is 3. The van der Waals surface area contributed by atoms with Gasteiger partial charge in [-0.3, -0.25) is 0 Å². The van der Waals surface area contributed by atoms with Gasteiger partial charge in [0.1, 0.15) is 10.8 Å². The highest BCUT2D eigenvalue weighted by Crippen LogP contribution is 2.28. The van der Waals surface area contributed by atoms with Crippen molar-refractivity contribution < 1.29 is 4.74 Å². The van der Waals surface area contributed by atoms with Crippen LogP contribution in [0.25, 0.3) is 0 Å². The molecule has 20 heavy (non-hydrogen) atoms. The summed E-state index contributed by atoms with van der Waals surface area (Å²) in [5.41, 5.74) is 3.46. The molecule has 0 unspecified atom stereocenters. The molecular formula is C16H19ClN2O. The molecule has 106 valence electrons. The molecule has 0 amide bonds. The van der Waals surface area contributed by atoms with Crippen molar-refractivity contribution in [3.05, 3.63) is 52.2 Å². The van der Waals surface area contributed by atoms with Gasteiger partial charge in [-0.15, -0.1) is 0 Å². The first-order chi connectivity index (χ1) is 9.60. The van der Waals surface area contributed by atoms with Crippen LogP contribution in [0, 0.1) is 13.8 Å². The van der Waals surface area contributed by atoms with Crippen molar-refractivity contribution in [2.45, 2.75) is 27.3 Å². The summed E-state index contributed by atoms with van der Waals surface area (Å²) >= 11 is 6.21. The molecule has 0 atom stereocenters. The molecule has 0 saturated heterocycles. The third kappa shape index (κ3) is 3.71. The molecule has 0 spiro atoms. The second-order valence-electron chi connectivity index (χ2n) is 4.76. The van der Waals surface area contributed by atoms with Gasteiger partial charge in [-0.05, 0) is 55.3 Å². The average molecular weight is 291 g/mol. The average Bonchev–Trinajstić information content (AvgIpc) is 2.43. The van der Waals surface area contributed by atoms with Crippen LogP contribution in [0.15, 0.2) is 30.5 Å². The lowest BCUT2D eigenvalue weighted by Crippen LogP contribution is -2.11. The van der Waals surface area contributed by atoms with Gasteiger partial charge in [-0.25, -0.2) is 4.98 Å². The number of pyridine rings is 1. The maximum atomic E-state index is 6.21. The van der Waals surface area contributed by atoms with Gasteiger partial charge in [0.15, 0.2) is 0 Å². The molecule has 0 radical (unpaired) electrons. The van der Waals surface area contributed by atoms with E-state index in [1.165, 1.54) is 11.1 Å². The van der Waals surface area contributed by atoms with Crippen LogP contribution in [0.5, 0.6) is 11.6 Å². The number of benzene rings is 1. The minimum atomic E-state index is 0.440. The van der Waals surface area contributed by atoms with Gasteiger partial charge in [-0.2, -0.15) is 0 Å². The van der Waals surface area contributed by atoms with Crippen molar-refractivity contribution >= 4 is 11.6 Å². The number of halogens is 1. The molecule has 0 aliphatic carbocycles. The van der Waals surface area contributed by atoms with E-state index in [1.807, 2.05) is 24.3 Å². The van der Waals surface area contributed by atoms with Crippen LogP contribution in [0.3, 0.4) is 0 Å². The summed E-state index contributed by atoms with van der Waals surface area (Å²) in [5.74, 6) is 1.19. The van der Waals surface area contributed by atoms with E-state index in [0.29, 0.717) is 10.9 Å². The van der Waals surface area contributed by atoms with Crippen LogP contribution in [0.2, 0.25) is 5.02 Å². The quantitative estimate of drug-likeness (QED) is 0.894. The number of aromatic nitrogens is 1. The van der Waals surface area contributed by atoms with Crippen LogP contribution in [-0.4, -0.2) is 11.5 Å². The Morgan fingerprint density at radius 1 is 1.20 bits per heavy atom. The first kappa shape index (κ1) is 14.8. The minimum Gasteiger partial charge on any atom is -0.438 e. The van der Waals surface area contributed by atoms with Crippen LogP contribution in [-0.2, 0) is 6.54 Å². The molecule has 2 rings (SSSR count). The molecule has 3 nitrogen and oxygen atoms in total. The second-order valence-corrected chi connectivity index (χ2v) is 5.17. The van der Waals surface area contributed by atoms with Crippen LogP contribution in [0.4, 0.5) is 0 Å². The Balaban J connectivity index is 2.14. The van der Waals surface area contributed by atoms with E-state index in [0.717, 1.165) is 24.4 Å². The standard InChI is InChI=1S/C16H19ClN2O/c1-4-18-9-13-8-15(17)16(19-10-13)20-14-6-5-11(2)12(3)7-14/h5-8,10,18H,4,9H2,1-3H3. The highest BCUT2D eigenvalue weighted by Gasteiger charge is 2.07. The zero-order chi connectivity index (χ0) is 14.5. The molecule has 0 bridgehead atoms. The van der Waals surface area contributed by atoms with E-state index < -0.39 is 0 Å². The number of nitrogens with one attached hydrogen (secondary N) is 1. The van der Waals surface area contributed by atoms with Crippen LogP contribution < -0.4 is 10.1 Å². The topological polar surface area (TPSA) is 34.2 Å². The highest BCUT2D eigenvalue weighted by atomic mass is 35.5. The smallest absolute Gasteiger partial charge is 0.238 e. The van der Waals surface area contributed by atoms with Gasteiger partial charge in [0, 0.05) is 12.7 Å². The zero-order valence-electron chi connectivity index (χ0n) is 12.0. The van der Waals surface area contributed by atoms with Gasteiger partial charge in [-0.1, -0.05) is 24.6 Å². The fourth-order valence-electron chi connectivity index (χ4n) is 1.80. The normalized spacial score (nSPS) is 10.6. The summed E-state index contributed by atoms with van der Waals surface area (Å²) in [6.07, 6.45) is 1.78. The number of rotatable bonds is 5. The van der Waals surface area contributed by atoms with Gasteiger partial charge < -0.3 is 10.1 Å². The lowest BCUT2D eigenvalue weighted by molar-refractivity contribution is 0.462. The van der Waals surface area contributed by atoms with Gasteiger partial charge in [0.2, 0.25) is 5.88 Å². The lowest BCUT2D eigenvalue weighted by Gasteiger charge is -2.09. The predicted octanol–water partition coefficient (Wildman–Crippen LogP) is 4.25. The third-order valence-electron chi connectivity index (χ3n) is 3.14. The first-order valence-electron chi connectivity index (χ1n) is 6.70. The van der Waals surface area contributed by atoms with E-state index in [-0.39, 0.29) is 0 Å². The Bertz CT molecular complexity index is 599. The summed E-state index contributed by atoms with van der Waals surface area (Å²) in [7, 11) is 0. The molecule has 1 aromatic heterocycles. The Morgan fingerprint density at radius 3 is 2.65 bits per heavy atom. The van der Waals surface area contributed by atoms with Gasteiger partial charge in [0.05, 0.1) is 0 Å². The van der Waals surface area contributed by atoms with E-state index in [4.69, 9.17) is 16.3 Å². The van der Waals surface area contributed by atoms with Crippen molar-refractivity contribution in [1.82, 2.24) is 10.3 Å². The first-order valence-corrected chi connectivity index (χ1v) is 7.08. The third-order valence-corrected chi connectivity index (χ3v) is 3.41. The Hall–Kier alpha value is -1.58. The fourth-order valence-corrected chi connectivity index (χ4v) is 2.02. The van der Waals surface area contributed by atoms with Crippen LogP contribution >= 0.6 is 11.6 Å². The molecule has 0 aliphatic rings. The zero-order valence-corrected chi connectivity index (χ0v) is 12.8. The molecule has 0 fully saturated rings. The summed E-state index contributed by atoms with van der Waals surface area (Å²) < 4.78 is 5.74. The number of hydrogen-bond donors (Lipinski definition) is 1. The predicted molar refractivity (Wildman–Crippen MR) is 82.6 cm³/mol.